The molecule has 3 rings (SSSR count). The first-order valence-corrected chi connectivity index (χ1v) is 8.95. The van der Waals surface area contributed by atoms with E-state index in [1.807, 2.05) is 0 Å². The largest absolute Gasteiger partial charge is 0.322 e. The van der Waals surface area contributed by atoms with Crippen LogP contribution in [0.25, 0.3) is 0 Å². The van der Waals surface area contributed by atoms with Crippen LogP contribution >= 0.6 is 15.9 Å². The number of nitro groups is 1. The third-order valence-corrected chi connectivity index (χ3v) is 4.51. The van der Waals surface area contributed by atoms with Crippen molar-refractivity contribution in [3.05, 3.63) is 98.5 Å². The topological polar surface area (TPSA) is 101 Å². The molecule has 0 unspecified atom stereocenters. The molecule has 7 nitrogen and oxygen atoms in total. The molecule has 2 N–H and O–H groups in total. The number of nitrogens with one attached hydrogen (secondary N) is 2. The van der Waals surface area contributed by atoms with Gasteiger partial charge in [-0.3, -0.25) is 19.7 Å². The fraction of sp³-hybridized carbons (Fsp3) is 0. The van der Waals surface area contributed by atoms with Gasteiger partial charge in [0.15, 0.2) is 0 Å². The highest BCUT2D eigenvalue weighted by molar-refractivity contribution is 9.10. The summed E-state index contributed by atoms with van der Waals surface area (Å²) >= 11 is 3.33. The Morgan fingerprint density at radius 2 is 1.46 bits per heavy atom. The maximum Gasteiger partial charge on any atom is 0.271 e. The van der Waals surface area contributed by atoms with Gasteiger partial charge in [0, 0.05) is 33.5 Å². The lowest BCUT2D eigenvalue weighted by atomic mass is 10.1. The Bertz CT molecular complexity index is 1070. The van der Waals surface area contributed by atoms with E-state index in [0.29, 0.717) is 27.0 Å². The van der Waals surface area contributed by atoms with Crippen LogP contribution in [0.4, 0.5) is 17.1 Å². The van der Waals surface area contributed by atoms with Gasteiger partial charge in [0.05, 0.1) is 10.5 Å². The molecule has 0 heterocycles. The minimum absolute atomic E-state index is 0.118. The van der Waals surface area contributed by atoms with E-state index in [1.165, 1.54) is 24.3 Å². The number of non-ortho nitro benzene ring substituents is 1. The summed E-state index contributed by atoms with van der Waals surface area (Å²) in [5.41, 5.74) is 1.41. The van der Waals surface area contributed by atoms with Crippen LogP contribution in [0.1, 0.15) is 20.7 Å². The molecule has 0 fully saturated rings. The Kier molecular flexibility index (Phi) is 5.81. The van der Waals surface area contributed by atoms with Gasteiger partial charge >= 0.3 is 0 Å². The summed E-state index contributed by atoms with van der Waals surface area (Å²) in [5, 5.41) is 16.2. The van der Waals surface area contributed by atoms with Gasteiger partial charge in [-0.15, -0.1) is 0 Å². The number of carbonyl (C=O) groups is 2. The van der Waals surface area contributed by atoms with Crippen LogP contribution in [-0.2, 0) is 0 Å². The molecule has 140 valence electrons. The van der Waals surface area contributed by atoms with E-state index in [-0.39, 0.29) is 11.6 Å². The van der Waals surface area contributed by atoms with Gasteiger partial charge in [0.1, 0.15) is 0 Å². The molecule has 0 radical (unpaired) electrons. The number of benzene rings is 3. The van der Waals surface area contributed by atoms with E-state index in [1.54, 1.807) is 48.5 Å². The molecule has 0 saturated carbocycles. The van der Waals surface area contributed by atoms with Crippen molar-refractivity contribution < 1.29 is 14.5 Å². The van der Waals surface area contributed by atoms with Crippen LogP contribution in [0.3, 0.4) is 0 Å². The fourth-order valence-electron chi connectivity index (χ4n) is 2.48. The Morgan fingerprint density at radius 1 is 0.821 bits per heavy atom. The van der Waals surface area contributed by atoms with Gasteiger partial charge < -0.3 is 10.6 Å². The maximum absolute atomic E-state index is 12.5. The van der Waals surface area contributed by atoms with Crippen molar-refractivity contribution >= 4 is 44.8 Å². The van der Waals surface area contributed by atoms with Gasteiger partial charge in [0.25, 0.3) is 17.5 Å². The second kappa shape index (κ2) is 8.45. The predicted octanol–water partition coefficient (Wildman–Crippen LogP) is 4.86. The van der Waals surface area contributed by atoms with Crippen molar-refractivity contribution in [1.29, 1.82) is 0 Å². The third-order valence-electron chi connectivity index (χ3n) is 3.82. The molecule has 28 heavy (non-hydrogen) atoms. The highest BCUT2D eigenvalue weighted by Gasteiger charge is 2.13. The Morgan fingerprint density at radius 3 is 2.18 bits per heavy atom. The molecule has 2 amide bonds. The molecule has 0 aliphatic heterocycles. The van der Waals surface area contributed by atoms with Gasteiger partial charge in [-0.05, 0) is 52.3 Å². The maximum atomic E-state index is 12.5. The number of amides is 2. The van der Waals surface area contributed by atoms with Gasteiger partial charge in [0.2, 0.25) is 0 Å². The van der Waals surface area contributed by atoms with E-state index >= 15 is 0 Å². The Hall–Kier alpha value is -3.52. The predicted molar refractivity (Wildman–Crippen MR) is 110 cm³/mol. The molecular weight excluding hydrogens is 426 g/mol. The van der Waals surface area contributed by atoms with Crippen molar-refractivity contribution in [2.45, 2.75) is 0 Å². The van der Waals surface area contributed by atoms with Gasteiger partial charge in [-0.2, -0.15) is 0 Å². The average molecular weight is 440 g/mol. The van der Waals surface area contributed by atoms with Gasteiger partial charge in [-0.25, -0.2) is 0 Å². The van der Waals surface area contributed by atoms with Crippen LogP contribution in [0.15, 0.2) is 77.3 Å². The molecule has 0 spiro atoms. The average Bonchev–Trinajstić information content (AvgIpc) is 2.68. The summed E-state index contributed by atoms with van der Waals surface area (Å²) in [4.78, 5) is 35.2. The highest BCUT2D eigenvalue weighted by Crippen LogP contribution is 2.20. The Labute approximate surface area is 168 Å². The molecule has 0 aromatic heterocycles. The fourth-order valence-corrected chi connectivity index (χ4v) is 2.95. The molecule has 3 aromatic carbocycles. The van der Waals surface area contributed by atoms with Crippen LogP contribution in [-0.4, -0.2) is 16.7 Å². The first-order chi connectivity index (χ1) is 13.4. The van der Waals surface area contributed by atoms with Crippen molar-refractivity contribution in [2.75, 3.05) is 10.6 Å². The molecule has 3 aromatic rings. The Balaban J connectivity index is 1.75. The second-order valence-corrected chi connectivity index (χ2v) is 6.63. The molecule has 0 atom stereocenters. The van der Waals surface area contributed by atoms with Crippen LogP contribution in [0.5, 0.6) is 0 Å². The number of hydrogen-bond acceptors (Lipinski definition) is 4. The van der Waals surface area contributed by atoms with Crippen molar-refractivity contribution in [3.63, 3.8) is 0 Å². The number of nitrogens with zero attached hydrogens (tertiary/aromatic N) is 1. The number of anilines is 2. The molecular formula is C20H14BrN3O4. The quantitative estimate of drug-likeness (QED) is 0.437. The molecule has 0 bridgehead atoms. The lowest BCUT2D eigenvalue weighted by Gasteiger charge is -2.09. The molecule has 0 aliphatic carbocycles. The third kappa shape index (κ3) is 4.60. The van der Waals surface area contributed by atoms with Crippen molar-refractivity contribution in [1.82, 2.24) is 0 Å². The van der Waals surface area contributed by atoms with E-state index in [9.17, 15) is 19.7 Å². The zero-order chi connectivity index (χ0) is 20.1. The van der Waals surface area contributed by atoms with Crippen molar-refractivity contribution in [3.8, 4) is 0 Å². The van der Waals surface area contributed by atoms with E-state index in [0.717, 1.165) is 0 Å². The molecule has 0 aliphatic rings. The summed E-state index contributed by atoms with van der Waals surface area (Å²) in [6.45, 7) is 0. The summed E-state index contributed by atoms with van der Waals surface area (Å²) in [6.07, 6.45) is 0. The van der Waals surface area contributed by atoms with Crippen molar-refractivity contribution in [2.24, 2.45) is 0 Å². The number of nitro benzene ring substituents is 1. The highest BCUT2D eigenvalue weighted by atomic mass is 79.9. The van der Waals surface area contributed by atoms with Gasteiger partial charge in [-0.1, -0.05) is 24.3 Å². The zero-order valence-electron chi connectivity index (χ0n) is 14.4. The summed E-state index contributed by atoms with van der Waals surface area (Å²) < 4.78 is 0.659. The first-order valence-electron chi connectivity index (χ1n) is 8.16. The number of halogens is 1. The van der Waals surface area contributed by atoms with E-state index in [4.69, 9.17) is 0 Å². The summed E-state index contributed by atoms with van der Waals surface area (Å²) in [6, 6.07) is 19.1. The number of hydrogen-bond donors (Lipinski definition) is 2. The van der Waals surface area contributed by atoms with Crippen LogP contribution in [0, 0.1) is 10.1 Å². The monoisotopic (exact) mass is 439 g/mol. The smallest absolute Gasteiger partial charge is 0.271 e. The minimum atomic E-state index is -0.534. The number of rotatable bonds is 5. The molecule has 0 saturated heterocycles. The van der Waals surface area contributed by atoms with Crippen LogP contribution in [0.2, 0.25) is 0 Å². The summed E-state index contributed by atoms with van der Waals surface area (Å²) in [5.74, 6) is -0.763. The summed E-state index contributed by atoms with van der Waals surface area (Å²) in [7, 11) is 0. The standard InChI is InChI=1S/C20H14BrN3O4/c21-18-10-2-1-9-17(18)20(26)23-14-6-3-5-13(11-14)19(25)22-15-7-4-8-16(12-15)24(27)28/h1-12H,(H,22,25)(H,23,26). The lowest BCUT2D eigenvalue weighted by molar-refractivity contribution is -0.384. The van der Waals surface area contributed by atoms with E-state index < -0.39 is 10.8 Å². The normalized spacial score (nSPS) is 10.2. The van der Waals surface area contributed by atoms with Crippen LogP contribution < -0.4 is 10.6 Å². The number of carbonyl (C=O) groups excluding carboxylic acids is 2. The lowest BCUT2D eigenvalue weighted by Crippen LogP contribution is -2.15. The van der Waals surface area contributed by atoms with E-state index in [2.05, 4.69) is 26.6 Å². The second-order valence-electron chi connectivity index (χ2n) is 5.78. The SMILES string of the molecule is O=C(Nc1cccc([N+](=O)[O-])c1)c1cccc(NC(=O)c2ccccc2Br)c1. The minimum Gasteiger partial charge on any atom is -0.322 e. The zero-order valence-corrected chi connectivity index (χ0v) is 16.0. The molecule has 8 heteroatoms. The first kappa shape index (κ1) is 19.2.